The second kappa shape index (κ2) is 5.94. The molecule has 3 N–H and O–H groups in total. The minimum Gasteiger partial charge on any atom is -0.369 e. The maximum absolute atomic E-state index is 13.5. The Balaban J connectivity index is 1.62. The number of carbonyl (C=O) groups excluding carboxylic acids is 2. The van der Waals surface area contributed by atoms with Crippen molar-refractivity contribution in [1.29, 1.82) is 0 Å². The van der Waals surface area contributed by atoms with Crippen molar-refractivity contribution in [2.45, 2.75) is 50.0 Å². The molecule has 5 heteroatoms. The van der Waals surface area contributed by atoms with E-state index >= 15 is 0 Å². The standard InChI is InChI=1S/C22H25BrN2O2/c23-14-7-5-13(6-8-14)22(20(24)27)17-10-9-16(21(17)11-12-21)18(22)19(26)25-15-3-1-2-4-15/h5-10,15-18H,1-4,11-12H2,(H2,24,27)(H,25,26)/t16-,17+,18+,22-/m1/s1. The summed E-state index contributed by atoms with van der Waals surface area (Å²) < 4.78 is 0.956. The van der Waals surface area contributed by atoms with Gasteiger partial charge in [0.1, 0.15) is 0 Å². The van der Waals surface area contributed by atoms with Gasteiger partial charge in [-0.25, -0.2) is 0 Å². The molecule has 0 aliphatic heterocycles. The number of benzene rings is 1. The van der Waals surface area contributed by atoms with Crippen molar-refractivity contribution in [2.75, 3.05) is 0 Å². The fraction of sp³-hybridized carbons (Fsp3) is 0.545. The third-order valence-electron chi connectivity index (χ3n) is 7.68. The van der Waals surface area contributed by atoms with Crippen LogP contribution in [0.2, 0.25) is 0 Å². The van der Waals surface area contributed by atoms with Crippen LogP contribution in [0.15, 0.2) is 40.9 Å². The molecule has 2 bridgehead atoms. The van der Waals surface area contributed by atoms with Crippen molar-refractivity contribution in [2.24, 2.45) is 28.9 Å². The molecule has 1 spiro atoms. The largest absolute Gasteiger partial charge is 0.369 e. The van der Waals surface area contributed by atoms with Gasteiger partial charge < -0.3 is 11.1 Å². The third kappa shape index (κ3) is 2.27. The third-order valence-corrected chi connectivity index (χ3v) is 8.20. The lowest BCUT2D eigenvalue weighted by molar-refractivity contribution is -0.136. The van der Waals surface area contributed by atoms with Crippen molar-refractivity contribution in [1.82, 2.24) is 5.32 Å². The van der Waals surface area contributed by atoms with Gasteiger partial charge >= 0.3 is 0 Å². The molecule has 5 rings (SSSR count). The molecule has 4 nitrogen and oxygen atoms in total. The van der Waals surface area contributed by atoms with Crippen LogP contribution in [0.1, 0.15) is 44.1 Å². The summed E-state index contributed by atoms with van der Waals surface area (Å²) in [6.07, 6.45) is 10.9. The first-order chi connectivity index (χ1) is 13.0. The topological polar surface area (TPSA) is 72.2 Å². The van der Waals surface area contributed by atoms with Gasteiger partial charge in [-0.2, -0.15) is 0 Å². The lowest BCUT2D eigenvalue weighted by Gasteiger charge is -2.39. The molecule has 4 atom stereocenters. The maximum Gasteiger partial charge on any atom is 0.229 e. The van der Waals surface area contributed by atoms with Crippen LogP contribution in [0, 0.1) is 23.2 Å². The monoisotopic (exact) mass is 428 g/mol. The van der Waals surface area contributed by atoms with Gasteiger partial charge in [-0.15, -0.1) is 0 Å². The highest BCUT2D eigenvalue weighted by Gasteiger charge is 2.76. The normalized spacial score (nSPS) is 35.7. The molecular formula is C22H25BrN2O2. The summed E-state index contributed by atoms with van der Waals surface area (Å²) in [7, 11) is 0. The number of carbonyl (C=O) groups is 2. The van der Waals surface area contributed by atoms with E-state index in [0.717, 1.165) is 35.7 Å². The molecular weight excluding hydrogens is 404 g/mol. The van der Waals surface area contributed by atoms with Gasteiger partial charge in [-0.05, 0) is 54.7 Å². The van der Waals surface area contributed by atoms with Crippen LogP contribution in [0.3, 0.4) is 0 Å². The number of amides is 2. The quantitative estimate of drug-likeness (QED) is 0.720. The van der Waals surface area contributed by atoms with E-state index in [1.54, 1.807) is 0 Å². The Kier molecular flexibility index (Phi) is 3.84. The van der Waals surface area contributed by atoms with E-state index in [2.05, 4.69) is 33.4 Å². The van der Waals surface area contributed by atoms with Gasteiger partial charge in [-0.1, -0.05) is 53.1 Å². The van der Waals surface area contributed by atoms with Crippen LogP contribution in [-0.2, 0) is 15.0 Å². The predicted octanol–water partition coefficient (Wildman–Crippen LogP) is 3.44. The summed E-state index contributed by atoms with van der Waals surface area (Å²) in [4.78, 5) is 26.6. The second-order valence-corrected chi connectivity index (χ2v) is 9.74. The van der Waals surface area contributed by atoms with E-state index in [4.69, 9.17) is 5.73 Å². The molecule has 4 aliphatic rings. The Morgan fingerprint density at radius 3 is 2.33 bits per heavy atom. The zero-order valence-corrected chi connectivity index (χ0v) is 16.9. The summed E-state index contributed by atoms with van der Waals surface area (Å²) in [6, 6.07) is 8.07. The molecule has 0 saturated heterocycles. The van der Waals surface area contributed by atoms with E-state index in [1.165, 1.54) is 12.8 Å². The SMILES string of the molecule is NC(=O)[C@@]1(c2ccc(Br)cc2)[C@H](C(=O)NC2CCCC2)[C@H]2C=C[C@H]1C21CC1. The Morgan fingerprint density at radius 1 is 1.07 bits per heavy atom. The molecule has 1 aromatic carbocycles. The van der Waals surface area contributed by atoms with Crippen LogP contribution in [-0.4, -0.2) is 17.9 Å². The van der Waals surface area contributed by atoms with Crippen molar-refractivity contribution in [3.63, 3.8) is 0 Å². The zero-order valence-electron chi connectivity index (χ0n) is 15.3. The lowest BCUT2D eigenvalue weighted by Crippen LogP contribution is -2.56. The van der Waals surface area contributed by atoms with E-state index in [0.29, 0.717) is 0 Å². The molecule has 3 saturated carbocycles. The summed E-state index contributed by atoms with van der Waals surface area (Å²) in [5.41, 5.74) is 6.10. The highest BCUT2D eigenvalue weighted by Crippen LogP contribution is 2.75. The maximum atomic E-state index is 13.5. The Hall–Kier alpha value is -1.62. The number of rotatable bonds is 4. The molecule has 2 amide bonds. The van der Waals surface area contributed by atoms with Crippen molar-refractivity contribution < 1.29 is 9.59 Å². The minimum atomic E-state index is -0.945. The van der Waals surface area contributed by atoms with Gasteiger partial charge in [0.25, 0.3) is 0 Å². The van der Waals surface area contributed by atoms with Crippen molar-refractivity contribution in [3.8, 4) is 0 Å². The predicted molar refractivity (Wildman–Crippen MR) is 107 cm³/mol. The fourth-order valence-electron chi connectivity index (χ4n) is 6.40. The molecule has 0 unspecified atom stereocenters. The van der Waals surface area contributed by atoms with Gasteiger partial charge in [0.05, 0.1) is 11.3 Å². The van der Waals surface area contributed by atoms with Crippen molar-refractivity contribution >= 4 is 27.7 Å². The fourth-order valence-corrected chi connectivity index (χ4v) is 6.66. The van der Waals surface area contributed by atoms with Crippen LogP contribution >= 0.6 is 15.9 Å². The molecule has 142 valence electrons. The average Bonchev–Trinajstić information content (AvgIpc) is 3.02. The number of nitrogens with one attached hydrogen (secondary N) is 1. The second-order valence-electron chi connectivity index (χ2n) is 8.83. The molecule has 4 aliphatic carbocycles. The Morgan fingerprint density at radius 2 is 1.74 bits per heavy atom. The van der Waals surface area contributed by atoms with Crippen LogP contribution in [0.25, 0.3) is 0 Å². The number of nitrogens with two attached hydrogens (primary N) is 1. The Bertz CT molecular complexity index is 823. The smallest absolute Gasteiger partial charge is 0.229 e. The van der Waals surface area contributed by atoms with Gasteiger partial charge in [0.2, 0.25) is 11.8 Å². The summed E-state index contributed by atoms with van der Waals surface area (Å²) >= 11 is 3.48. The van der Waals surface area contributed by atoms with E-state index in [1.807, 2.05) is 24.3 Å². The highest BCUT2D eigenvalue weighted by molar-refractivity contribution is 9.10. The summed E-state index contributed by atoms with van der Waals surface area (Å²) in [5.74, 6) is -0.617. The molecule has 0 heterocycles. The number of allylic oxidation sites excluding steroid dienone is 2. The van der Waals surface area contributed by atoms with Crippen LogP contribution in [0.5, 0.6) is 0 Å². The molecule has 0 radical (unpaired) electrons. The lowest BCUT2D eigenvalue weighted by atomic mass is 9.63. The summed E-state index contributed by atoms with van der Waals surface area (Å²) in [6.45, 7) is 0. The van der Waals surface area contributed by atoms with Gasteiger partial charge in [0.15, 0.2) is 0 Å². The number of halogens is 1. The highest BCUT2D eigenvalue weighted by atomic mass is 79.9. The molecule has 0 aromatic heterocycles. The average molecular weight is 429 g/mol. The van der Waals surface area contributed by atoms with E-state index in [-0.39, 0.29) is 35.1 Å². The van der Waals surface area contributed by atoms with Gasteiger partial charge in [0, 0.05) is 16.4 Å². The number of hydrogen-bond donors (Lipinski definition) is 2. The zero-order chi connectivity index (χ0) is 18.8. The summed E-state index contributed by atoms with van der Waals surface area (Å²) in [5, 5.41) is 3.27. The first-order valence-corrected chi connectivity index (χ1v) is 10.8. The molecule has 3 fully saturated rings. The van der Waals surface area contributed by atoms with Crippen LogP contribution in [0.4, 0.5) is 0 Å². The first kappa shape index (κ1) is 17.5. The number of hydrogen-bond acceptors (Lipinski definition) is 2. The molecule has 1 aromatic rings. The van der Waals surface area contributed by atoms with E-state index in [9.17, 15) is 9.59 Å². The Labute approximate surface area is 168 Å². The molecule has 27 heavy (non-hydrogen) atoms. The van der Waals surface area contributed by atoms with E-state index < -0.39 is 11.3 Å². The van der Waals surface area contributed by atoms with Gasteiger partial charge in [-0.3, -0.25) is 9.59 Å². The first-order valence-electron chi connectivity index (χ1n) is 10.0. The minimum absolute atomic E-state index is 0.0201. The number of primary amides is 1. The van der Waals surface area contributed by atoms with Crippen molar-refractivity contribution in [3.05, 3.63) is 46.5 Å². The van der Waals surface area contributed by atoms with Crippen LogP contribution < -0.4 is 11.1 Å².